The Morgan fingerprint density at radius 3 is 2.05 bits per heavy atom. The van der Waals surface area contributed by atoms with Crippen molar-refractivity contribution >= 4 is 21.8 Å². The van der Waals surface area contributed by atoms with Crippen LogP contribution in [0.1, 0.15) is 6.42 Å². The molecule has 0 radical (unpaired) electrons. The average Bonchev–Trinajstić information content (AvgIpc) is 2.18. The van der Waals surface area contributed by atoms with Gasteiger partial charge in [-0.2, -0.15) is 26.3 Å². The van der Waals surface area contributed by atoms with E-state index in [1.807, 2.05) is 0 Å². The third-order valence-electron chi connectivity index (χ3n) is 1.90. The zero-order valence-electron chi connectivity index (χ0n) is 9.58. The summed E-state index contributed by atoms with van der Waals surface area (Å²) in [6.07, 6.45) is -11.2. The van der Waals surface area contributed by atoms with Crippen molar-refractivity contribution in [1.29, 1.82) is 0 Å². The molecule has 10 heteroatoms. The minimum absolute atomic E-state index is 0.126. The number of carbonyl (C=O) groups is 1. The van der Waals surface area contributed by atoms with Gasteiger partial charge in [-0.15, -0.1) is 0 Å². The van der Waals surface area contributed by atoms with Gasteiger partial charge in [-0.1, -0.05) is 15.9 Å². The van der Waals surface area contributed by atoms with Crippen LogP contribution in [0.3, 0.4) is 0 Å². The molecule has 0 atom stereocenters. The zero-order valence-corrected chi connectivity index (χ0v) is 11.2. The number of ether oxygens (including phenoxy) is 1. The summed E-state index contributed by atoms with van der Waals surface area (Å²) in [4.78, 5) is 10.9. The maximum absolute atomic E-state index is 12.1. The Morgan fingerprint density at radius 2 is 1.63 bits per heavy atom. The Balaban J connectivity index is 4.22. The van der Waals surface area contributed by atoms with Gasteiger partial charge in [-0.3, -0.25) is 4.79 Å². The van der Waals surface area contributed by atoms with Crippen LogP contribution >= 0.6 is 15.9 Å². The summed E-state index contributed by atoms with van der Waals surface area (Å²) < 4.78 is 77.7. The molecule has 0 aliphatic rings. The summed E-state index contributed by atoms with van der Waals surface area (Å²) in [5, 5.41) is 2.16. The fourth-order valence-electron chi connectivity index (χ4n) is 1.13. The predicted molar refractivity (Wildman–Crippen MR) is 57.8 cm³/mol. The summed E-state index contributed by atoms with van der Waals surface area (Å²) in [5.74, 6) is -6.09. The molecule has 0 aromatic carbocycles. The molecule has 0 fully saturated rings. The first-order valence-electron chi connectivity index (χ1n) is 5.15. The zero-order chi connectivity index (χ0) is 15.1. The van der Waals surface area contributed by atoms with Crippen LogP contribution in [0.2, 0.25) is 0 Å². The van der Waals surface area contributed by atoms with Crippen molar-refractivity contribution in [2.75, 3.05) is 25.1 Å². The maximum atomic E-state index is 12.1. The summed E-state index contributed by atoms with van der Waals surface area (Å²) in [5.41, 5.74) is 0. The normalized spacial score (nSPS) is 12.8. The van der Waals surface area contributed by atoms with Crippen molar-refractivity contribution in [2.45, 2.75) is 18.8 Å². The molecule has 0 aromatic rings. The Kier molecular flexibility index (Phi) is 7.72. The fourth-order valence-corrected chi connectivity index (χ4v) is 1.36. The minimum atomic E-state index is -5.66. The molecule has 0 spiro atoms. The van der Waals surface area contributed by atoms with Crippen LogP contribution in [0.25, 0.3) is 0 Å². The third-order valence-corrected chi connectivity index (χ3v) is 2.23. The average molecular weight is 360 g/mol. The smallest absolute Gasteiger partial charge is 0.381 e. The Morgan fingerprint density at radius 1 is 1.11 bits per heavy atom. The van der Waals surface area contributed by atoms with Crippen molar-refractivity contribution in [3.63, 3.8) is 0 Å². The number of nitrogens with one attached hydrogen (secondary N) is 1. The monoisotopic (exact) mass is 359 g/mol. The topological polar surface area (TPSA) is 38.3 Å². The SMILES string of the molecule is O=C(NCCCOCCBr)C(C(F)(F)F)C(F)(F)F. The van der Waals surface area contributed by atoms with Crippen molar-refractivity contribution in [1.82, 2.24) is 5.32 Å². The number of rotatable bonds is 7. The van der Waals surface area contributed by atoms with Gasteiger partial charge in [0.1, 0.15) is 0 Å². The van der Waals surface area contributed by atoms with Crippen LogP contribution in [-0.2, 0) is 9.53 Å². The van der Waals surface area contributed by atoms with Gasteiger partial charge in [0, 0.05) is 18.5 Å². The lowest BCUT2D eigenvalue weighted by atomic mass is 10.1. The lowest BCUT2D eigenvalue weighted by Crippen LogP contribution is -2.48. The number of halogens is 7. The number of hydrogen-bond donors (Lipinski definition) is 1. The lowest BCUT2D eigenvalue weighted by Gasteiger charge is -2.21. The second kappa shape index (κ2) is 7.93. The van der Waals surface area contributed by atoms with Gasteiger partial charge in [0.25, 0.3) is 0 Å². The fraction of sp³-hybridized carbons (Fsp3) is 0.889. The summed E-state index contributed by atoms with van der Waals surface area (Å²) in [6.45, 7) is 0.181. The second-order valence-corrected chi connectivity index (χ2v) is 4.26. The van der Waals surface area contributed by atoms with E-state index >= 15 is 0 Å². The molecular formula is C9H12BrF6NO2. The minimum Gasteiger partial charge on any atom is -0.381 e. The van der Waals surface area contributed by atoms with Crippen LogP contribution in [0.15, 0.2) is 0 Å². The highest BCUT2D eigenvalue weighted by atomic mass is 79.9. The van der Waals surface area contributed by atoms with Gasteiger partial charge < -0.3 is 10.1 Å². The molecular weight excluding hydrogens is 348 g/mol. The van der Waals surface area contributed by atoms with E-state index < -0.39 is 24.2 Å². The lowest BCUT2D eigenvalue weighted by molar-refractivity contribution is -0.274. The first-order valence-corrected chi connectivity index (χ1v) is 6.27. The third kappa shape index (κ3) is 7.61. The second-order valence-electron chi connectivity index (χ2n) is 3.46. The highest BCUT2D eigenvalue weighted by molar-refractivity contribution is 9.09. The molecule has 19 heavy (non-hydrogen) atoms. The van der Waals surface area contributed by atoms with Gasteiger partial charge in [0.15, 0.2) is 0 Å². The van der Waals surface area contributed by atoms with Crippen LogP contribution in [0, 0.1) is 5.92 Å². The van der Waals surface area contributed by atoms with E-state index in [1.54, 1.807) is 5.32 Å². The Bertz CT molecular complexity index is 267. The van der Waals surface area contributed by atoms with E-state index in [0.717, 1.165) is 0 Å². The van der Waals surface area contributed by atoms with Gasteiger partial charge in [-0.05, 0) is 6.42 Å². The first-order chi connectivity index (χ1) is 8.60. The molecule has 3 nitrogen and oxygen atoms in total. The van der Waals surface area contributed by atoms with E-state index in [-0.39, 0.29) is 19.6 Å². The van der Waals surface area contributed by atoms with Crippen molar-refractivity contribution in [2.24, 2.45) is 5.92 Å². The maximum Gasteiger partial charge on any atom is 0.409 e. The molecule has 0 bridgehead atoms. The highest BCUT2D eigenvalue weighted by Gasteiger charge is 2.60. The van der Waals surface area contributed by atoms with Crippen molar-refractivity contribution in [3.8, 4) is 0 Å². The van der Waals surface area contributed by atoms with E-state index in [9.17, 15) is 31.1 Å². The molecule has 0 saturated heterocycles. The van der Waals surface area contributed by atoms with Crippen LogP contribution in [0.4, 0.5) is 26.3 Å². The van der Waals surface area contributed by atoms with Gasteiger partial charge in [-0.25, -0.2) is 0 Å². The van der Waals surface area contributed by atoms with Gasteiger partial charge in [0.2, 0.25) is 11.8 Å². The van der Waals surface area contributed by atoms with Crippen molar-refractivity contribution < 1.29 is 35.9 Å². The predicted octanol–water partition coefficient (Wildman–Crippen LogP) is 2.65. The van der Waals surface area contributed by atoms with Crippen molar-refractivity contribution in [3.05, 3.63) is 0 Å². The van der Waals surface area contributed by atoms with Crippen LogP contribution in [0.5, 0.6) is 0 Å². The number of hydrogen-bond acceptors (Lipinski definition) is 2. The summed E-state index contributed by atoms with van der Waals surface area (Å²) in [7, 11) is 0. The van der Waals surface area contributed by atoms with E-state index in [0.29, 0.717) is 11.9 Å². The molecule has 1 N–H and O–H groups in total. The highest BCUT2D eigenvalue weighted by Crippen LogP contribution is 2.39. The molecule has 0 heterocycles. The Hall–Kier alpha value is -0.510. The Labute approximate surface area is 113 Å². The van der Waals surface area contributed by atoms with Gasteiger partial charge >= 0.3 is 12.4 Å². The van der Waals surface area contributed by atoms with Crippen LogP contribution in [-0.4, -0.2) is 43.3 Å². The molecule has 0 unspecified atom stereocenters. The first kappa shape index (κ1) is 18.5. The molecule has 114 valence electrons. The van der Waals surface area contributed by atoms with Crippen LogP contribution < -0.4 is 5.32 Å². The molecule has 0 rings (SSSR count). The number of carbonyl (C=O) groups excluding carboxylic acids is 1. The molecule has 0 aliphatic heterocycles. The summed E-state index contributed by atoms with van der Waals surface area (Å²) >= 11 is 3.06. The largest absolute Gasteiger partial charge is 0.409 e. The standard InChI is InChI=1S/C9H12BrF6NO2/c10-2-5-19-4-1-3-17-7(18)6(8(11,12)13)9(14,15)16/h6H,1-5H2,(H,17,18). The quantitative estimate of drug-likeness (QED) is 0.431. The van der Waals surface area contributed by atoms with Gasteiger partial charge in [0.05, 0.1) is 6.61 Å². The number of alkyl halides is 7. The molecule has 0 saturated carbocycles. The molecule has 0 aromatic heterocycles. The number of amides is 1. The summed E-state index contributed by atoms with van der Waals surface area (Å²) in [6, 6.07) is 0. The molecule has 1 amide bonds. The van der Waals surface area contributed by atoms with E-state index in [1.165, 1.54) is 0 Å². The van der Waals surface area contributed by atoms with E-state index in [2.05, 4.69) is 15.9 Å². The molecule has 0 aliphatic carbocycles. The van der Waals surface area contributed by atoms with E-state index in [4.69, 9.17) is 4.74 Å².